The number of benzene rings is 3. The van der Waals surface area contributed by atoms with Crippen LogP contribution in [-0.4, -0.2) is 20.2 Å². The van der Waals surface area contributed by atoms with Crippen LogP contribution in [0.2, 0.25) is 0 Å². The maximum atomic E-state index is 10.3. The smallest absolute Gasteiger partial charge is 0.118 e. The predicted molar refractivity (Wildman–Crippen MR) is 124 cm³/mol. The van der Waals surface area contributed by atoms with E-state index in [1.165, 1.54) is 36.0 Å². The Morgan fingerprint density at radius 1 is 0.800 bits per heavy atom. The van der Waals surface area contributed by atoms with Crippen LogP contribution >= 0.6 is 0 Å². The van der Waals surface area contributed by atoms with Crippen LogP contribution in [0.15, 0.2) is 54.6 Å². The van der Waals surface area contributed by atoms with Crippen molar-refractivity contribution in [2.24, 2.45) is 0 Å². The van der Waals surface area contributed by atoms with Crippen LogP contribution in [-0.2, 0) is 0 Å². The van der Waals surface area contributed by atoms with Crippen LogP contribution < -0.4 is 9.64 Å². The van der Waals surface area contributed by atoms with Crippen molar-refractivity contribution < 1.29 is 4.74 Å². The summed E-state index contributed by atoms with van der Waals surface area (Å²) in [5, 5.41) is 10.3. The summed E-state index contributed by atoms with van der Waals surface area (Å²) in [5.41, 5.74) is 8.77. The molecule has 3 heteroatoms. The van der Waals surface area contributed by atoms with Crippen LogP contribution in [0.4, 0.5) is 5.69 Å². The fraction of sp³-hybridized carbons (Fsp3) is 0.296. The van der Waals surface area contributed by atoms with Gasteiger partial charge in [0, 0.05) is 18.7 Å². The normalized spacial score (nSPS) is 13.7. The summed E-state index contributed by atoms with van der Waals surface area (Å²) in [4.78, 5) is 2.43. The van der Waals surface area contributed by atoms with Gasteiger partial charge in [-0.1, -0.05) is 42.5 Å². The van der Waals surface area contributed by atoms with E-state index < -0.39 is 0 Å². The van der Waals surface area contributed by atoms with Crippen molar-refractivity contribution in [2.75, 3.05) is 25.1 Å². The molecule has 1 aliphatic heterocycles. The zero-order chi connectivity index (χ0) is 21.1. The van der Waals surface area contributed by atoms with E-state index in [1.807, 2.05) is 18.2 Å². The molecular weight excluding hydrogens is 368 g/mol. The molecule has 0 bridgehead atoms. The van der Waals surface area contributed by atoms with Gasteiger partial charge in [0.1, 0.15) is 11.8 Å². The molecule has 0 unspecified atom stereocenters. The van der Waals surface area contributed by atoms with E-state index in [4.69, 9.17) is 4.74 Å². The van der Waals surface area contributed by atoms with E-state index in [9.17, 15) is 5.26 Å². The van der Waals surface area contributed by atoms with Gasteiger partial charge in [-0.15, -0.1) is 0 Å². The molecule has 1 fully saturated rings. The van der Waals surface area contributed by atoms with Gasteiger partial charge in [-0.05, 0) is 73.1 Å². The molecule has 3 nitrogen and oxygen atoms in total. The summed E-state index contributed by atoms with van der Waals surface area (Å²) in [6.45, 7) is 6.34. The van der Waals surface area contributed by atoms with Crippen LogP contribution in [0.5, 0.6) is 5.75 Å². The summed E-state index contributed by atoms with van der Waals surface area (Å²) in [6, 6.07) is 21.2. The Bertz CT molecular complexity index is 1070. The lowest BCUT2D eigenvalue weighted by molar-refractivity contribution is 0.415. The van der Waals surface area contributed by atoms with E-state index in [-0.39, 0.29) is 0 Å². The van der Waals surface area contributed by atoms with Gasteiger partial charge in [0.15, 0.2) is 0 Å². The van der Waals surface area contributed by atoms with E-state index in [2.05, 4.69) is 61.2 Å². The van der Waals surface area contributed by atoms with E-state index in [0.29, 0.717) is 0 Å². The molecular formula is C27H28N2O. The Kier molecular flexibility index (Phi) is 5.77. The molecule has 0 aliphatic carbocycles. The summed E-state index contributed by atoms with van der Waals surface area (Å²) < 4.78 is 5.35. The molecule has 30 heavy (non-hydrogen) atoms. The Morgan fingerprint density at radius 2 is 1.43 bits per heavy atom. The third-order valence-electron chi connectivity index (χ3n) is 6.19. The quantitative estimate of drug-likeness (QED) is 0.504. The maximum Gasteiger partial charge on any atom is 0.118 e. The number of hydrogen-bond donors (Lipinski definition) is 0. The van der Waals surface area contributed by atoms with Crippen LogP contribution in [0.3, 0.4) is 0 Å². The molecule has 4 rings (SSSR count). The monoisotopic (exact) mass is 396 g/mol. The summed E-state index contributed by atoms with van der Waals surface area (Å²) in [6.07, 6.45) is 3.62. The number of anilines is 1. The second kappa shape index (κ2) is 8.63. The number of methoxy groups -OCH3 is 1. The van der Waals surface area contributed by atoms with Gasteiger partial charge in [-0.3, -0.25) is 0 Å². The highest BCUT2D eigenvalue weighted by Gasteiger charge is 2.25. The average molecular weight is 397 g/mol. The molecule has 0 atom stereocenters. The molecule has 3 aromatic carbocycles. The molecule has 1 aliphatic rings. The van der Waals surface area contributed by atoms with Gasteiger partial charge in [-0.25, -0.2) is 0 Å². The van der Waals surface area contributed by atoms with Crippen LogP contribution in [0.25, 0.3) is 22.3 Å². The van der Waals surface area contributed by atoms with Gasteiger partial charge in [0.2, 0.25) is 0 Å². The third-order valence-corrected chi connectivity index (χ3v) is 6.19. The molecule has 0 amide bonds. The van der Waals surface area contributed by atoms with Crippen molar-refractivity contribution in [2.45, 2.75) is 33.1 Å². The van der Waals surface area contributed by atoms with Crippen molar-refractivity contribution in [3.63, 3.8) is 0 Å². The minimum Gasteiger partial charge on any atom is -0.497 e. The average Bonchev–Trinajstić information content (AvgIpc) is 2.80. The van der Waals surface area contributed by atoms with Crippen LogP contribution in [0, 0.1) is 25.2 Å². The molecule has 0 spiro atoms. The maximum absolute atomic E-state index is 10.3. The Morgan fingerprint density at radius 3 is 2.03 bits per heavy atom. The second-order valence-corrected chi connectivity index (χ2v) is 7.98. The Hall–Kier alpha value is -3.25. The topological polar surface area (TPSA) is 36.3 Å². The number of hydrogen-bond acceptors (Lipinski definition) is 3. The number of piperidine rings is 1. The Balaban J connectivity index is 2.03. The molecule has 0 aromatic heterocycles. The summed E-state index contributed by atoms with van der Waals surface area (Å²) >= 11 is 0. The fourth-order valence-electron chi connectivity index (χ4n) is 4.80. The van der Waals surface area contributed by atoms with Gasteiger partial charge >= 0.3 is 0 Å². The molecule has 0 saturated carbocycles. The summed E-state index contributed by atoms with van der Waals surface area (Å²) in [5.74, 6) is 0.821. The molecule has 152 valence electrons. The van der Waals surface area contributed by atoms with E-state index in [0.717, 1.165) is 46.8 Å². The number of nitrogens with zero attached hydrogens (tertiary/aromatic N) is 2. The van der Waals surface area contributed by atoms with Crippen LogP contribution in [0.1, 0.15) is 36.0 Å². The van der Waals surface area contributed by atoms with Gasteiger partial charge in [0.25, 0.3) is 0 Å². The van der Waals surface area contributed by atoms with Crippen molar-refractivity contribution in [3.8, 4) is 34.1 Å². The van der Waals surface area contributed by atoms with Crippen molar-refractivity contribution in [1.82, 2.24) is 0 Å². The third kappa shape index (κ3) is 3.55. The van der Waals surface area contributed by atoms with Crippen molar-refractivity contribution >= 4 is 5.69 Å². The molecule has 3 aromatic rings. The van der Waals surface area contributed by atoms with E-state index >= 15 is 0 Å². The number of ether oxygens (including phenoxy) is 1. The first-order chi connectivity index (χ1) is 14.7. The lowest BCUT2D eigenvalue weighted by Gasteiger charge is -2.33. The first-order valence-corrected chi connectivity index (χ1v) is 10.7. The Labute approximate surface area is 179 Å². The largest absolute Gasteiger partial charge is 0.497 e. The molecule has 1 saturated heterocycles. The highest BCUT2D eigenvalue weighted by molar-refractivity contribution is 5.91. The number of rotatable bonds is 4. The molecule has 1 heterocycles. The van der Waals surface area contributed by atoms with Crippen molar-refractivity contribution in [1.29, 1.82) is 5.26 Å². The molecule has 0 radical (unpaired) electrons. The minimum absolute atomic E-state index is 0.789. The fourth-order valence-corrected chi connectivity index (χ4v) is 4.80. The highest BCUT2D eigenvalue weighted by atomic mass is 16.5. The SMILES string of the molecule is COc1ccc(-c2c(C)c(-c3ccccc3)c(C)c(N3CCCCC3)c2C#N)cc1. The lowest BCUT2D eigenvalue weighted by atomic mass is 9.84. The zero-order valence-corrected chi connectivity index (χ0v) is 18.0. The standard InChI is InChI=1S/C27H28N2O/c1-19-25(21-10-6-4-7-11-21)20(2)27(29-16-8-5-9-17-29)24(18-28)26(19)22-12-14-23(30-3)15-13-22/h4,6-7,10-15H,5,8-9,16-17H2,1-3H3. The van der Waals surface area contributed by atoms with E-state index in [1.54, 1.807) is 7.11 Å². The van der Waals surface area contributed by atoms with Gasteiger partial charge in [0.05, 0.1) is 18.4 Å². The lowest BCUT2D eigenvalue weighted by Crippen LogP contribution is -2.31. The highest BCUT2D eigenvalue weighted by Crippen LogP contribution is 2.44. The summed E-state index contributed by atoms with van der Waals surface area (Å²) in [7, 11) is 1.68. The van der Waals surface area contributed by atoms with Gasteiger partial charge < -0.3 is 9.64 Å². The van der Waals surface area contributed by atoms with Gasteiger partial charge in [-0.2, -0.15) is 5.26 Å². The first-order valence-electron chi connectivity index (χ1n) is 10.7. The first kappa shape index (κ1) is 20.0. The number of nitriles is 1. The zero-order valence-electron chi connectivity index (χ0n) is 18.0. The minimum atomic E-state index is 0.789. The molecule has 0 N–H and O–H groups in total. The van der Waals surface area contributed by atoms with Crippen molar-refractivity contribution in [3.05, 3.63) is 71.3 Å². The second-order valence-electron chi connectivity index (χ2n) is 7.98. The predicted octanol–water partition coefficient (Wildman–Crippen LogP) is 6.51.